The predicted molar refractivity (Wildman–Crippen MR) is 76.7 cm³/mol. The van der Waals surface area contributed by atoms with Crippen molar-refractivity contribution < 1.29 is 5.11 Å². The van der Waals surface area contributed by atoms with Crippen LogP contribution in [0.4, 0.5) is 0 Å². The molecule has 0 aromatic carbocycles. The fourth-order valence-corrected chi connectivity index (χ4v) is 3.53. The zero-order valence-corrected chi connectivity index (χ0v) is 11.9. The van der Waals surface area contributed by atoms with Crippen LogP contribution in [0.5, 0.6) is 0 Å². The van der Waals surface area contributed by atoms with Gasteiger partial charge in [0.15, 0.2) is 0 Å². The Balaban J connectivity index is 1.89. The summed E-state index contributed by atoms with van der Waals surface area (Å²) in [7, 11) is 0. The summed E-state index contributed by atoms with van der Waals surface area (Å²) in [5.74, 6) is 1.93. The summed E-state index contributed by atoms with van der Waals surface area (Å²) in [5, 5.41) is 19.3. The maximum atomic E-state index is 9.77. The molecule has 1 aromatic rings. The second-order valence-electron chi connectivity index (χ2n) is 5.09. The van der Waals surface area contributed by atoms with Gasteiger partial charge in [-0.25, -0.2) is 4.98 Å². The molecule has 1 saturated carbocycles. The minimum atomic E-state index is -0.764. The molecule has 1 aliphatic carbocycles. The highest BCUT2D eigenvalue weighted by Crippen LogP contribution is 2.29. The van der Waals surface area contributed by atoms with Crippen LogP contribution in [0.2, 0.25) is 0 Å². The number of aliphatic hydroxyl groups excluding tert-OH is 1. The summed E-state index contributed by atoms with van der Waals surface area (Å²) >= 11 is 1.77. The topological polar surface area (TPSA) is 56.9 Å². The molecule has 0 radical (unpaired) electrons. The lowest BCUT2D eigenvalue weighted by molar-refractivity contribution is 0.178. The van der Waals surface area contributed by atoms with Crippen molar-refractivity contribution in [3.8, 4) is 6.07 Å². The van der Waals surface area contributed by atoms with E-state index >= 15 is 0 Å². The van der Waals surface area contributed by atoms with E-state index < -0.39 is 6.10 Å². The number of hydrogen-bond donors (Lipinski definition) is 1. The molecule has 0 saturated heterocycles. The molecule has 1 N–H and O–H groups in total. The van der Waals surface area contributed by atoms with Crippen LogP contribution < -0.4 is 0 Å². The van der Waals surface area contributed by atoms with Crippen molar-refractivity contribution in [3.05, 3.63) is 23.9 Å². The number of pyridine rings is 1. The Morgan fingerprint density at radius 1 is 1.37 bits per heavy atom. The number of aromatic nitrogens is 1. The van der Waals surface area contributed by atoms with E-state index in [0.29, 0.717) is 5.69 Å². The first-order chi connectivity index (χ1) is 9.29. The van der Waals surface area contributed by atoms with E-state index in [1.54, 1.807) is 17.8 Å². The molecule has 0 aliphatic heterocycles. The highest BCUT2D eigenvalue weighted by Gasteiger charge is 2.14. The fraction of sp³-hybridized carbons (Fsp3) is 0.600. The standard InChI is InChI=1S/C15H20N2OS/c16-10-9-14(18)13-7-4-8-15(17-13)19-11-12-5-2-1-3-6-12/h4,7-8,12,14,18H,1-3,5-6,9,11H2. The molecule has 1 unspecified atom stereocenters. The molecule has 0 spiro atoms. The Bertz CT molecular complexity index is 438. The lowest BCUT2D eigenvalue weighted by Crippen LogP contribution is -2.09. The minimum absolute atomic E-state index is 0.101. The molecular weight excluding hydrogens is 256 g/mol. The van der Waals surface area contributed by atoms with Crippen LogP contribution in [0.15, 0.2) is 23.2 Å². The van der Waals surface area contributed by atoms with Crippen LogP contribution in [0.1, 0.15) is 50.3 Å². The molecule has 102 valence electrons. The van der Waals surface area contributed by atoms with E-state index in [1.807, 2.05) is 18.2 Å². The molecule has 4 heteroatoms. The molecule has 1 fully saturated rings. The van der Waals surface area contributed by atoms with Gasteiger partial charge >= 0.3 is 0 Å². The first-order valence-electron chi connectivity index (χ1n) is 6.94. The molecule has 1 aliphatic rings. The molecular formula is C15H20N2OS. The first kappa shape index (κ1) is 14.4. The van der Waals surface area contributed by atoms with Gasteiger partial charge in [0.1, 0.15) is 6.10 Å². The molecule has 3 nitrogen and oxygen atoms in total. The van der Waals surface area contributed by atoms with Gasteiger partial charge in [-0.1, -0.05) is 25.3 Å². The zero-order valence-electron chi connectivity index (χ0n) is 11.1. The van der Waals surface area contributed by atoms with Crippen molar-refractivity contribution in [2.45, 2.75) is 49.7 Å². The Hall–Kier alpha value is -1.05. The van der Waals surface area contributed by atoms with Crippen molar-refractivity contribution in [1.29, 1.82) is 5.26 Å². The number of hydrogen-bond acceptors (Lipinski definition) is 4. The van der Waals surface area contributed by atoms with Crippen LogP contribution in [0.25, 0.3) is 0 Å². The van der Waals surface area contributed by atoms with Gasteiger partial charge in [-0.15, -0.1) is 11.8 Å². The van der Waals surface area contributed by atoms with Crippen molar-refractivity contribution in [3.63, 3.8) is 0 Å². The number of rotatable bonds is 5. The third-order valence-corrected chi connectivity index (χ3v) is 4.72. The monoisotopic (exact) mass is 276 g/mol. The van der Waals surface area contributed by atoms with Crippen molar-refractivity contribution >= 4 is 11.8 Å². The van der Waals surface area contributed by atoms with E-state index in [1.165, 1.54) is 32.1 Å². The summed E-state index contributed by atoms with van der Waals surface area (Å²) < 4.78 is 0. The van der Waals surface area contributed by atoms with Gasteiger partial charge in [-0.2, -0.15) is 5.26 Å². The Morgan fingerprint density at radius 2 is 2.16 bits per heavy atom. The lowest BCUT2D eigenvalue weighted by Gasteiger charge is -2.20. The maximum Gasteiger partial charge on any atom is 0.109 e. The first-order valence-corrected chi connectivity index (χ1v) is 7.93. The summed E-state index contributed by atoms with van der Waals surface area (Å²) in [6.07, 6.45) is 6.12. The van der Waals surface area contributed by atoms with Crippen molar-refractivity contribution in [2.75, 3.05) is 5.75 Å². The van der Waals surface area contributed by atoms with Crippen LogP contribution in [-0.2, 0) is 0 Å². The normalized spacial score (nSPS) is 17.9. The van der Waals surface area contributed by atoms with Crippen LogP contribution in [0, 0.1) is 17.2 Å². The van der Waals surface area contributed by atoms with Gasteiger partial charge in [0.2, 0.25) is 0 Å². The lowest BCUT2D eigenvalue weighted by atomic mass is 9.91. The molecule has 2 rings (SSSR count). The SMILES string of the molecule is N#CCC(O)c1cccc(SCC2CCCCC2)n1. The molecule has 1 heterocycles. The smallest absolute Gasteiger partial charge is 0.109 e. The molecule has 0 amide bonds. The highest BCUT2D eigenvalue weighted by atomic mass is 32.2. The quantitative estimate of drug-likeness (QED) is 0.833. The second kappa shape index (κ2) is 7.52. The highest BCUT2D eigenvalue weighted by molar-refractivity contribution is 7.99. The van der Waals surface area contributed by atoms with E-state index in [4.69, 9.17) is 5.26 Å². The summed E-state index contributed by atoms with van der Waals surface area (Å²) in [6, 6.07) is 7.65. The number of nitrogens with zero attached hydrogens (tertiary/aromatic N) is 2. The fourth-order valence-electron chi connectivity index (χ4n) is 2.44. The molecule has 1 atom stereocenters. The average Bonchev–Trinajstić information content (AvgIpc) is 2.47. The van der Waals surface area contributed by atoms with E-state index in [0.717, 1.165) is 16.7 Å². The van der Waals surface area contributed by atoms with Gasteiger partial charge in [-0.05, 0) is 30.9 Å². The third kappa shape index (κ3) is 4.52. The largest absolute Gasteiger partial charge is 0.386 e. The van der Waals surface area contributed by atoms with Gasteiger partial charge in [0.05, 0.1) is 23.2 Å². The molecule has 0 bridgehead atoms. The summed E-state index contributed by atoms with van der Waals surface area (Å²) in [5.41, 5.74) is 0.607. The Labute approximate surface area is 119 Å². The zero-order chi connectivity index (χ0) is 13.5. The van der Waals surface area contributed by atoms with Gasteiger partial charge in [0.25, 0.3) is 0 Å². The van der Waals surface area contributed by atoms with E-state index in [2.05, 4.69) is 4.98 Å². The summed E-state index contributed by atoms with van der Waals surface area (Å²) in [6.45, 7) is 0. The van der Waals surface area contributed by atoms with Gasteiger partial charge in [-0.3, -0.25) is 0 Å². The van der Waals surface area contributed by atoms with Crippen LogP contribution >= 0.6 is 11.8 Å². The number of thioether (sulfide) groups is 1. The number of nitriles is 1. The third-order valence-electron chi connectivity index (χ3n) is 3.56. The minimum Gasteiger partial charge on any atom is -0.386 e. The molecule has 1 aromatic heterocycles. The number of aliphatic hydroxyl groups is 1. The van der Waals surface area contributed by atoms with Crippen molar-refractivity contribution in [1.82, 2.24) is 4.98 Å². The summed E-state index contributed by atoms with van der Waals surface area (Å²) in [4.78, 5) is 4.44. The maximum absolute atomic E-state index is 9.77. The van der Waals surface area contributed by atoms with Crippen LogP contribution in [0.3, 0.4) is 0 Å². The van der Waals surface area contributed by atoms with Gasteiger partial charge in [0, 0.05) is 5.75 Å². The van der Waals surface area contributed by atoms with E-state index in [9.17, 15) is 5.11 Å². The van der Waals surface area contributed by atoms with Crippen molar-refractivity contribution in [2.24, 2.45) is 5.92 Å². The average molecular weight is 276 g/mol. The van der Waals surface area contributed by atoms with Crippen LogP contribution in [-0.4, -0.2) is 15.8 Å². The molecule has 19 heavy (non-hydrogen) atoms. The second-order valence-corrected chi connectivity index (χ2v) is 6.13. The predicted octanol–water partition coefficient (Wildman–Crippen LogP) is 3.70. The van der Waals surface area contributed by atoms with Gasteiger partial charge < -0.3 is 5.11 Å². The Kier molecular flexibility index (Phi) is 5.68. The Morgan fingerprint density at radius 3 is 2.89 bits per heavy atom. The van der Waals surface area contributed by atoms with E-state index in [-0.39, 0.29) is 6.42 Å².